The Kier molecular flexibility index (Phi) is 5.30. The van der Waals surface area contributed by atoms with E-state index in [0.717, 1.165) is 17.8 Å². The fraction of sp³-hybridized carbons (Fsp3) is 0.250. The number of anilines is 1. The first-order chi connectivity index (χ1) is 9.56. The van der Waals surface area contributed by atoms with E-state index in [4.69, 9.17) is 23.2 Å². The molecule has 2 aromatic rings. The lowest BCUT2D eigenvalue weighted by molar-refractivity contribution is 0.402. The third kappa shape index (κ3) is 4.14. The van der Waals surface area contributed by atoms with Crippen LogP contribution in [0.15, 0.2) is 42.5 Å². The third-order valence-electron chi connectivity index (χ3n) is 2.97. The second-order valence-corrected chi connectivity index (χ2v) is 5.79. The quantitative estimate of drug-likeness (QED) is 0.863. The monoisotopic (exact) mass is 308 g/mol. The van der Waals surface area contributed by atoms with Crippen LogP contribution < -0.4 is 5.32 Å². The normalized spacial score (nSPS) is 10.8. The molecule has 2 aromatic carbocycles. The van der Waals surface area contributed by atoms with Crippen LogP contribution >= 0.6 is 23.2 Å². The molecule has 0 heterocycles. The second kappa shape index (κ2) is 6.98. The molecule has 0 aliphatic rings. The van der Waals surface area contributed by atoms with Gasteiger partial charge in [0.1, 0.15) is 0 Å². The van der Waals surface area contributed by atoms with Crippen LogP contribution in [0.4, 0.5) is 5.69 Å². The highest BCUT2D eigenvalue weighted by Crippen LogP contribution is 2.26. The van der Waals surface area contributed by atoms with Gasteiger partial charge in [0, 0.05) is 18.8 Å². The fourth-order valence-corrected chi connectivity index (χ4v) is 2.36. The molecule has 0 fully saturated rings. The zero-order chi connectivity index (χ0) is 14.5. The lowest BCUT2D eigenvalue weighted by Crippen LogP contribution is -2.10. The summed E-state index contributed by atoms with van der Waals surface area (Å²) in [5.74, 6) is 0. The first-order valence-corrected chi connectivity index (χ1v) is 7.22. The highest BCUT2D eigenvalue weighted by molar-refractivity contribution is 6.42. The largest absolute Gasteiger partial charge is 0.381 e. The average molecular weight is 309 g/mol. The van der Waals surface area contributed by atoms with Crippen molar-refractivity contribution in [1.82, 2.24) is 4.90 Å². The summed E-state index contributed by atoms with van der Waals surface area (Å²) in [6.07, 6.45) is 0. The van der Waals surface area contributed by atoms with Crippen LogP contribution in [0.3, 0.4) is 0 Å². The van der Waals surface area contributed by atoms with Gasteiger partial charge in [-0.1, -0.05) is 47.5 Å². The molecular formula is C16H18Cl2N2. The summed E-state index contributed by atoms with van der Waals surface area (Å²) in [7, 11) is 4.13. The third-order valence-corrected chi connectivity index (χ3v) is 3.83. The lowest BCUT2D eigenvalue weighted by Gasteiger charge is -2.12. The van der Waals surface area contributed by atoms with Crippen LogP contribution in [0.1, 0.15) is 11.1 Å². The van der Waals surface area contributed by atoms with Crippen molar-refractivity contribution in [1.29, 1.82) is 0 Å². The molecule has 0 amide bonds. The molecule has 106 valence electrons. The van der Waals surface area contributed by atoms with E-state index in [2.05, 4.69) is 48.6 Å². The van der Waals surface area contributed by atoms with Gasteiger partial charge in [0.2, 0.25) is 0 Å². The van der Waals surface area contributed by atoms with Gasteiger partial charge in [-0.3, -0.25) is 0 Å². The van der Waals surface area contributed by atoms with Gasteiger partial charge < -0.3 is 10.2 Å². The average Bonchev–Trinajstić information content (AvgIpc) is 2.41. The van der Waals surface area contributed by atoms with Crippen molar-refractivity contribution in [2.75, 3.05) is 19.4 Å². The van der Waals surface area contributed by atoms with Crippen LogP contribution in [-0.4, -0.2) is 19.0 Å². The van der Waals surface area contributed by atoms with E-state index in [0.29, 0.717) is 16.6 Å². The Balaban J connectivity index is 1.99. The highest BCUT2D eigenvalue weighted by Gasteiger charge is 2.04. The van der Waals surface area contributed by atoms with Crippen molar-refractivity contribution in [3.8, 4) is 0 Å². The summed E-state index contributed by atoms with van der Waals surface area (Å²) in [6.45, 7) is 1.60. The summed E-state index contributed by atoms with van der Waals surface area (Å²) in [6, 6.07) is 14.1. The Labute approximate surface area is 130 Å². The molecule has 0 aliphatic heterocycles. The molecule has 0 saturated heterocycles. The summed E-state index contributed by atoms with van der Waals surface area (Å²) >= 11 is 12.2. The maximum atomic E-state index is 6.16. The minimum Gasteiger partial charge on any atom is -0.381 e. The number of hydrogen-bond donors (Lipinski definition) is 1. The summed E-state index contributed by atoms with van der Waals surface area (Å²) in [5, 5.41) is 4.56. The topological polar surface area (TPSA) is 15.3 Å². The maximum absolute atomic E-state index is 6.16. The van der Waals surface area contributed by atoms with Crippen LogP contribution in [0.25, 0.3) is 0 Å². The Morgan fingerprint density at radius 1 is 1.00 bits per heavy atom. The van der Waals surface area contributed by atoms with Crippen LogP contribution in [0, 0.1) is 0 Å². The van der Waals surface area contributed by atoms with Crippen LogP contribution in [-0.2, 0) is 13.1 Å². The molecular weight excluding hydrogens is 291 g/mol. The van der Waals surface area contributed by atoms with Crippen molar-refractivity contribution in [3.05, 3.63) is 63.6 Å². The van der Waals surface area contributed by atoms with Crippen molar-refractivity contribution in [2.24, 2.45) is 0 Å². The fourth-order valence-electron chi connectivity index (χ4n) is 1.98. The summed E-state index contributed by atoms with van der Waals surface area (Å²) < 4.78 is 0. The second-order valence-electron chi connectivity index (χ2n) is 5.00. The van der Waals surface area contributed by atoms with Gasteiger partial charge in [-0.05, 0) is 43.4 Å². The predicted octanol–water partition coefficient (Wildman–Crippen LogP) is 4.67. The number of halogens is 2. The van der Waals surface area contributed by atoms with Gasteiger partial charge in [0.25, 0.3) is 0 Å². The number of nitrogens with one attached hydrogen (secondary N) is 1. The molecule has 0 atom stereocenters. The Bertz CT molecular complexity index is 565. The molecule has 0 unspecified atom stereocenters. The standard InChI is InChI=1S/C16H18Cl2N2/c1-20(2)11-12-6-8-14(9-7-12)19-10-13-4-3-5-15(17)16(13)18/h3-9,19H,10-11H2,1-2H3. The van der Waals surface area contributed by atoms with Crippen molar-refractivity contribution in [3.63, 3.8) is 0 Å². The number of nitrogens with zero attached hydrogens (tertiary/aromatic N) is 1. The van der Waals surface area contributed by atoms with Crippen molar-refractivity contribution < 1.29 is 0 Å². The van der Waals surface area contributed by atoms with E-state index in [-0.39, 0.29) is 0 Å². The Hall–Kier alpha value is -1.22. The molecule has 2 nitrogen and oxygen atoms in total. The maximum Gasteiger partial charge on any atom is 0.0642 e. The first-order valence-electron chi connectivity index (χ1n) is 6.46. The molecule has 1 N–H and O–H groups in total. The van der Waals surface area contributed by atoms with Gasteiger partial charge in [0.15, 0.2) is 0 Å². The van der Waals surface area contributed by atoms with E-state index in [1.165, 1.54) is 5.56 Å². The molecule has 0 radical (unpaired) electrons. The van der Waals surface area contributed by atoms with E-state index in [1.54, 1.807) is 6.07 Å². The van der Waals surface area contributed by atoms with Crippen LogP contribution in [0.2, 0.25) is 10.0 Å². The van der Waals surface area contributed by atoms with Gasteiger partial charge in [-0.2, -0.15) is 0 Å². The SMILES string of the molecule is CN(C)Cc1ccc(NCc2cccc(Cl)c2Cl)cc1. The molecule has 0 saturated carbocycles. The van der Waals surface area contributed by atoms with Gasteiger partial charge in [-0.15, -0.1) is 0 Å². The summed E-state index contributed by atoms with van der Waals surface area (Å²) in [5.41, 5.74) is 3.36. The van der Waals surface area contributed by atoms with Gasteiger partial charge in [0.05, 0.1) is 10.0 Å². The highest BCUT2D eigenvalue weighted by atomic mass is 35.5. The van der Waals surface area contributed by atoms with Crippen molar-refractivity contribution in [2.45, 2.75) is 13.1 Å². The smallest absolute Gasteiger partial charge is 0.0642 e. The zero-order valence-corrected chi connectivity index (χ0v) is 13.2. The zero-order valence-electron chi connectivity index (χ0n) is 11.7. The molecule has 0 aliphatic carbocycles. The molecule has 2 rings (SSSR count). The minimum absolute atomic E-state index is 0.590. The molecule has 20 heavy (non-hydrogen) atoms. The van der Waals surface area contributed by atoms with Crippen LogP contribution in [0.5, 0.6) is 0 Å². The molecule has 0 aromatic heterocycles. The summed E-state index contributed by atoms with van der Waals surface area (Å²) in [4.78, 5) is 2.15. The van der Waals surface area contributed by atoms with E-state index in [9.17, 15) is 0 Å². The lowest BCUT2D eigenvalue weighted by atomic mass is 10.2. The minimum atomic E-state index is 0.590. The first kappa shape index (κ1) is 15.2. The number of benzene rings is 2. The predicted molar refractivity (Wildman–Crippen MR) is 87.6 cm³/mol. The van der Waals surface area contributed by atoms with Gasteiger partial charge >= 0.3 is 0 Å². The van der Waals surface area contributed by atoms with Crippen molar-refractivity contribution >= 4 is 28.9 Å². The number of hydrogen-bond acceptors (Lipinski definition) is 2. The Morgan fingerprint density at radius 2 is 1.70 bits per heavy atom. The van der Waals surface area contributed by atoms with E-state index in [1.807, 2.05) is 12.1 Å². The molecule has 0 bridgehead atoms. The number of rotatable bonds is 5. The molecule has 0 spiro atoms. The van der Waals surface area contributed by atoms with E-state index < -0.39 is 0 Å². The Morgan fingerprint density at radius 3 is 2.35 bits per heavy atom. The van der Waals surface area contributed by atoms with E-state index >= 15 is 0 Å². The van der Waals surface area contributed by atoms with Gasteiger partial charge in [-0.25, -0.2) is 0 Å². The molecule has 4 heteroatoms.